The van der Waals surface area contributed by atoms with Gasteiger partial charge in [0.05, 0.1) is 6.04 Å². The summed E-state index contributed by atoms with van der Waals surface area (Å²) in [6.45, 7) is 1.06. The third-order valence-corrected chi connectivity index (χ3v) is 1.74. The van der Waals surface area contributed by atoms with E-state index in [1.165, 1.54) is 12.8 Å². The first kappa shape index (κ1) is 5.85. The minimum Gasteiger partial charge on any atom is -0.426 e. The Morgan fingerprint density at radius 3 is 3.30 bits per heavy atom. The van der Waals surface area contributed by atoms with Gasteiger partial charge >= 0.3 is 0 Å². The molecule has 1 atom stereocenters. The van der Waals surface area contributed by atoms with Crippen LogP contribution in [-0.2, 0) is 0 Å². The van der Waals surface area contributed by atoms with Gasteiger partial charge in [0.1, 0.15) is 0 Å². The molecule has 0 radical (unpaired) electrons. The van der Waals surface area contributed by atoms with Gasteiger partial charge in [0.15, 0.2) is 0 Å². The number of rotatable bonds is 1. The molecule has 2 rings (SSSR count). The molecular weight excluding hydrogens is 130 g/mol. The molecule has 0 bridgehead atoms. The number of hydrogen-bond donors (Lipinski definition) is 1. The zero-order valence-corrected chi connectivity index (χ0v) is 5.58. The van der Waals surface area contributed by atoms with Crippen LogP contribution in [0, 0.1) is 0 Å². The van der Waals surface area contributed by atoms with Crippen LogP contribution in [0.4, 0.5) is 0 Å². The van der Waals surface area contributed by atoms with Crippen LogP contribution in [0.15, 0.2) is 10.8 Å². The summed E-state index contributed by atoms with van der Waals surface area (Å²) in [5.41, 5.74) is 0. The van der Waals surface area contributed by atoms with Gasteiger partial charge < -0.3 is 9.73 Å². The van der Waals surface area contributed by atoms with Gasteiger partial charge in [0.2, 0.25) is 12.3 Å². The zero-order chi connectivity index (χ0) is 6.81. The Balaban J connectivity index is 2.12. The molecule has 10 heavy (non-hydrogen) atoms. The maximum atomic E-state index is 5.03. The van der Waals surface area contributed by atoms with Crippen LogP contribution in [0.2, 0.25) is 0 Å². The van der Waals surface area contributed by atoms with E-state index in [2.05, 4.69) is 15.5 Å². The number of nitrogens with zero attached hydrogens (tertiary/aromatic N) is 2. The molecule has 0 unspecified atom stereocenters. The summed E-state index contributed by atoms with van der Waals surface area (Å²) in [5, 5.41) is 10.7. The molecule has 0 amide bonds. The SMILES string of the molecule is c1nnc([C@@H]2CCCN2)o1. The fourth-order valence-electron chi connectivity index (χ4n) is 1.23. The summed E-state index contributed by atoms with van der Waals surface area (Å²) in [6.07, 6.45) is 3.69. The summed E-state index contributed by atoms with van der Waals surface area (Å²) in [7, 11) is 0. The standard InChI is InChI=1S/C6H9N3O/c1-2-5(7-3-1)6-9-8-4-10-6/h4-5,7H,1-3H2/t5-/m0/s1. The lowest BCUT2D eigenvalue weighted by Crippen LogP contribution is -2.12. The van der Waals surface area contributed by atoms with Crippen molar-refractivity contribution in [1.82, 2.24) is 15.5 Å². The normalized spacial score (nSPS) is 25.4. The molecule has 1 saturated heterocycles. The first-order valence-electron chi connectivity index (χ1n) is 3.46. The highest BCUT2D eigenvalue weighted by Crippen LogP contribution is 2.19. The second kappa shape index (κ2) is 2.38. The molecule has 4 nitrogen and oxygen atoms in total. The fourth-order valence-corrected chi connectivity index (χ4v) is 1.23. The van der Waals surface area contributed by atoms with Gasteiger partial charge in [-0.1, -0.05) is 0 Å². The topological polar surface area (TPSA) is 51.0 Å². The van der Waals surface area contributed by atoms with Gasteiger partial charge in [-0.15, -0.1) is 10.2 Å². The highest BCUT2D eigenvalue weighted by Gasteiger charge is 2.19. The molecule has 4 heteroatoms. The van der Waals surface area contributed by atoms with Gasteiger partial charge in [-0.25, -0.2) is 0 Å². The predicted octanol–water partition coefficient (Wildman–Crippen LogP) is 0.494. The lowest BCUT2D eigenvalue weighted by Gasteiger charge is -2.01. The van der Waals surface area contributed by atoms with E-state index in [4.69, 9.17) is 4.42 Å². The minimum absolute atomic E-state index is 0.308. The van der Waals surface area contributed by atoms with Gasteiger partial charge in [0, 0.05) is 0 Å². The molecule has 0 saturated carbocycles. The lowest BCUT2D eigenvalue weighted by molar-refractivity contribution is 0.429. The monoisotopic (exact) mass is 139 g/mol. The van der Waals surface area contributed by atoms with E-state index in [1.807, 2.05) is 0 Å². The fraction of sp³-hybridized carbons (Fsp3) is 0.667. The lowest BCUT2D eigenvalue weighted by atomic mass is 10.2. The Kier molecular flexibility index (Phi) is 1.39. The van der Waals surface area contributed by atoms with Crippen molar-refractivity contribution in [2.75, 3.05) is 6.54 Å². The molecule has 1 aliphatic heterocycles. The highest BCUT2D eigenvalue weighted by molar-refractivity contribution is 4.89. The third kappa shape index (κ3) is 0.903. The second-order valence-corrected chi connectivity index (χ2v) is 2.43. The Hall–Kier alpha value is -0.900. The van der Waals surface area contributed by atoms with Crippen molar-refractivity contribution in [2.45, 2.75) is 18.9 Å². The van der Waals surface area contributed by atoms with Gasteiger partial charge in [-0.3, -0.25) is 0 Å². The summed E-state index contributed by atoms with van der Waals surface area (Å²) in [4.78, 5) is 0. The van der Waals surface area contributed by atoms with Crippen LogP contribution < -0.4 is 5.32 Å². The molecule has 1 aliphatic rings. The van der Waals surface area contributed by atoms with Crippen LogP contribution in [0.5, 0.6) is 0 Å². The quantitative estimate of drug-likeness (QED) is 0.615. The van der Waals surface area contributed by atoms with Crippen molar-refractivity contribution in [3.63, 3.8) is 0 Å². The van der Waals surface area contributed by atoms with Crippen LogP contribution in [0.1, 0.15) is 24.8 Å². The highest BCUT2D eigenvalue weighted by atomic mass is 16.4. The molecule has 1 N–H and O–H groups in total. The van der Waals surface area contributed by atoms with E-state index in [1.54, 1.807) is 0 Å². The molecular formula is C6H9N3O. The van der Waals surface area contributed by atoms with E-state index in [9.17, 15) is 0 Å². The van der Waals surface area contributed by atoms with Crippen molar-refractivity contribution >= 4 is 0 Å². The van der Waals surface area contributed by atoms with Gasteiger partial charge in [-0.05, 0) is 19.4 Å². The maximum absolute atomic E-state index is 5.03. The number of hydrogen-bond acceptors (Lipinski definition) is 4. The van der Waals surface area contributed by atoms with Gasteiger partial charge in [0.25, 0.3) is 0 Å². The van der Waals surface area contributed by atoms with Crippen molar-refractivity contribution < 1.29 is 4.42 Å². The van der Waals surface area contributed by atoms with Crippen LogP contribution in [0.25, 0.3) is 0 Å². The maximum Gasteiger partial charge on any atom is 0.233 e. The first-order chi connectivity index (χ1) is 4.97. The average molecular weight is 139 g/mol. The summed E-state index contributed by atoms with van der Waals surface area (Å²) >= 11 is 0. The Morgan fingerprint density at radius 1 is 1.70 bits per heavy atom. The first-order valence-corrected chi connectivity index (χ1v) is 3.46. The smallest absolute Gasteiger partial charge is 0.233 e. The molecule has 1 fully saturated rings. The van der Waals surface area contributed by atoms with Crippen molar-refractivity contribution in [3.05, 3.63) is 12.3 Å². The Morgan fingerprint density at radius 2 is 2.70 bits per heavy atom. The summed E-state index contributed by atoms with van der Waals surface area (Å²) in [6, 6.07) is 0.308. The van der Waals surface area contributed by atoms with Crippen molar-refractivity contribution in [3.8, 4) is 0 Å². The van der Waals surface area contributed by atoms with Crippen LogP contribution >= 0.6 is 0 Å². The van der Waals surface area contributed by atoms with E-state index in [-0.39, 0.29) is 0 Å². The van der Waals surface area contributed by atoms with Gasteiger partial charge in [-0.2, -0.15) is 0 Å². The molecule has 1 aromatic rings. The summed E-state index contributed by atoms with van der Waals surface area (Å²) in [5.74, 6) is 0.720. The molecule has 0 aliphatic carbocycles. The molecule has 0 spiro atoms. The number of nitrogens with one attached hydrogen (secondary N) is 1. The minimum atomic E-state index is 0.308. The largest absolute Gasteiger partial charge is 0.426 e. The van der Waals surface area contributed by atoms with Crippen LogP contribution in [0.3, 0.4) is 0 Å². The predicted molar refractivity (Wildman–Crippen MR) is 34.3 cm³/mol. The van der Waals surface area contributed by atoms with E-state index < -0.39 is 0 Å². The summed E-state index contributed by atoms with van der Waals surface area (Å²) < 4.78 is 5.03. The number of aromatic nitrogens is 2. The second-order valence-electron chi connectivity index (χ2n) is 2.43. The van der Waals surface area contributed by atoms with Crippen molar-refractivity contribution in [2.24, 2.45) is 0 Å². The van der Waals surface area contributed by atoms with E-state index >= 15 is 0 Å². The molecule has 1 aromatic heterocycles. The van der Waals surface area contributed by atoms with E-state index in [0.717, 1.165) is 18.9 Å². The molecule has 54 valence electrons. The average Bonchev–Trinajstić information content (AvgIpc) is 2.59. The van der Waals surface area contributed by atoms with Crippen LogP contribution in [-0.4, -0.2) is 16.7 Å². The van der Waals surface area contributed by atoms with E-state index in [0.29, 0.717) is 6.04 Å². The Bertz CT molecular complexity index is 191. The molecule has 0 aromatic carbocycles. The van der Waals surface area contributed by atoms with Crippen molar-refractivity contribution in [1.29, 1.82) is 0 Å². The zero-order valence-electron chi connectivity index (χ0n) is 5.58. The molecule has 2 heterocycles. The third-order valence-electron chi connectivity index (χ3n) is 1.74. The Labute approximate surface area is 58.6 Å².